The first-order chi connectivity index (χ1) is 12.7. The van der Waals surface area contributed by atoms with E-state index in [1.54, 1.807) is 12.1 Å². The number of ether oxygens (including phenoxy) is 2. The molecule has 0 aromatic heterocycles. The molecule has 2 aromatic carbocycles. The minimum Gasteiger partial charge on any atom is -0.492 e. The molecule has 0 bridgehead atoms. The first-order valence-electron chi connectivity index (χ1n) is 9.20. The molecule has 0 amide bonds. The summed E-state index contributed by atoms with van der Waals surface area (Å²) in [5.41, 5.74) is 3.17. The molecule has 0 fully saturated rings. The first kappa shape index (κ1) is 21.3. The lowest BCUT2D eigenvalue weighted by Gasteiger charge is -2.15. The van der Waals surface area contributed by atoms with Gasteiger partial charge in [-0.2, -0.15) is 0 Å². The standard InChI is InChI=1S/C21H29NO4S/c1-6-25-20-8-7-18(15(2)3)14-21(20)27(23,24)22-9-10-26-19-12-16(4)11-17(5)13-19/h7-8,11-15,22H,6,9-10H2,1-5H3. The molecular formula is C21H29NO4S. The summed E-state index contributed by atoms with van der Waals surface area (Å²) < 4.78 is 39.3. The number of rotatable bonds is 9. The molecule has 2 aromatic rings. The van der Waals surface area contributed by atoms with Gasteiger partial charge in [-0.3, -0.25) is 0 Å². The molecule has 1 N–H and O–H groups in total. The lowest BCUT2D eigenvalue weighted by molar-refractivity contribution is 0.321. The van der Waals surface area contributed by atoms with E-state index in [0.717, 1.165) is 22.4 Å². The van der Waals surface area contributed by atoms with E-state index in [2.05, 4.69) is 10.8 Å². The Morgan fingerprint density at radius 1 is 1.00 bits per heavy atom. The quantitative estimate of drug-likeness (QED) is 0.651. The summed E-state index contributed by atoms with van der Waals surface area (Å²) in [5, 5.41) is 0. The van der Waals surface area contributed by atoms with Gasteiger partial charge in [0.1, 0.15) is 23.0 Å². The Balaban J connectivity index is 2.08. The van der Waals surface area contributed by atoms with Crippen molar-refractivity contribution in [2.45, 2.75) is 45.4 Å². The van der Waals surface area contributed by atoms with Crippen LogP contribution in [0.15, 0.2) is 41.3 Å². The fourth-order valence-electron chi connectivity index (χ4n) is 2.81. The zero-order chi connectivity index (χ0) is 20.0. The van der Waals surface area contributed by atoms with E-state index in [1.807, 2.05) is 52.8 Å². The lowest BCUT2D eigenvalue weighted by Crippen LogP contribution is -2.28. The second kappa shape index (κ2) is 9.24. The van der Waals surface area contributed by atoms with Gasteiger partial charge in [-0.15, -0.1) is 0 Å². The van der Waals surface area contributed by atoms with Crippen molar-refractivity contribution < 1.29 is 17.9 Å². The molecule has 6 heteroatoms. The zero-order valence-corrected chi connectivity index (χ0v) is 17.5. The number of aryl methyl sites for hydroxylation is 2. The Bertz CT molecular complexity index is 855. The van der Waals surface area contributed by atoms with E-state index in [9.17, 15) is 8.42 Å². The summed E-state index contributed by atoms with van der Waals surface area (Å²) in [5.74, 6) is 1.33. The van der Waals surface area contributed by atoms with Gasteiger partial charge in [-0.05, 0) is 67.6 Å². The second-order valence-corrected chi connectivity index (χ2v) is 8.60. The molecule has 0 atom stereocenters. The summed E-state index contributed by atoms with van der Waals surface area (Å²) in [6, 6.07) is 11.2. The smallest absolute Gasteiger partial charge is 0.244 e. The highest BCUT2D eigenvalue weighted by Gasteiger charge is 2.20. The SMILES string of the molecule is CCOc1ccc(C(C)C)cc1S(=O)(=O)NCCOc1cc(C)cc(C)c1. The van der Waals surface area contributed by atoms with E-state index in [1.165, 1.54) is 0 Å². The molecule has 0 aliphatic rings. The third kappa shape index (κ3) is 5.97. The number of hydrogen-bond donors (Lipinski definition) is 1. The van der Waals surface area contributed by atoms with Gasteiger partial charge in [-0.1, -0.05) is 26.0 Å². The van der Waals surface area contributed by atoms with Gasteiger partial charge in [-0.25, -0.2) is 13.1 Å². The summed E-state index contributed by atoms with van der Waals surface area (Å²) >= 11 is 0. The summed E-state index contributed by atoms with van der Waals surface area (Å²) in [7, 11) is -3.69. The Hall–Kier alpha value is -2.05. The monoisotopic (exact) mass is 391 g/mol. The van der Waals surface area contributed by atoms with Crippen molar-refractivity contribution >= 4 is 10.0 Å². The highest BCUT2D eigenvalue weighted by Crippen LogP contribution is 2.28. The molecule has 0 heterocycles. The Kier molecular flexibility index (Phi) is 7.27. The van der Waals surface area contributed by atoms with Gasteiger partial charge in [0.25, 0.3) is 0 Å². The minimum absolute atomic E-state index is 0.168. The normalized spacial score (nSPS) is 11.6. The number of nitrogens with one attached hydrogen (secondary N) is 1. The third-order valence-electron chi connectivity index (χ3n) is 4.08. The van der Waals surface area contributed by atoms with Crippen LogP contribution < -0.4 is 14.2 Å². The molecule has 0 radical (unpaired) electrons. The van der Waals surface area contributed by atoms with E-state index in [4.69, 9.17) is 9.47 Å². The van der Waals surface area contributed by atoms with E-state index >= 15 is 0 Å². The Morgan fingerprint density at radius 2 is 1.67 bits per heavy atom. The van der Waals surface area contributed by atoms with Crippen LogP contribution in [-0.2, 0) is 10.0 Å². The zero-order valence-electron chi connectivity index (χ0n) is 16.7. The van der Waals surface area contributed by atoms with Crippen LogP contribution >= 0.6 is 0 Å². The van der Waals surface area contributed by atoms with E-state index < -0.39 is 10.0 Å². The van der Waals surface area contributed by atoms with E-state index in [-0.39, 0.29) is 24.0 Å². The predicted molar refractivity (Wildman–Crippen MR) is 108 cm³/mol. The number of sulfonamides is 1. The van der Waals surface area contributed by atoms with Gasteiger partial charge in [0.2, 0.25) is 10.0 Å². The van der Waals surface area contributed by atoms with Crippen LogP contribution in [0.1, 0.15) is 43.4 Å². The van der Waals surface area contributed by atoms with Gasteiger partial charge >= 0.3 is 0 Å². The first-order valence-corrected chi connectivity index (χ1v) is 10.7. The molecule has 5 nitrogen and oxygen atoms in total. The van der Waals surface area contributed by atoms with Gasteiger partial charge in [0.15, 0.2) is 0 Å². The fourth-order valence-corrected chi connectivity index (χ4v) is 4.00. The predicted octanol–water partition coefficient (Wildman–Crippen LogP) is 4.18. The largest absolute Gasteiger partial charge is 0.492 e. The Labute approximate surface area is 162 Å². The van der Waals surface area contributed by atoms with Crippen molar-refractivity contribution in [3.05, 3.63) is 53.1 Å². The molecule has 0 saturated heterocycles. The average molecular weight is 392 g/mol. The summed E-state index contributed by atoms with van der Waals surface area (Å²) in [6.45, 7) is 10.7. The topological polar surface area (TPSA) is 64.6 Å². The maximum absolute atomic E-state index is 12.8. The van der Waals surface area contributed by atoms with Crippen molar-refractivity contribution in [2.24, 2.45) is 0 Å². The molecule has 148 valence electrons. The van der Waals surface area contributed by atoms with Crippen molar-refractivity contribution in [1.82, 2.24) is 4.72 Å². The van der Waals surface area contributed by atoms with Gasteiger partial charge < -0.3 is 9.47 Å². The molecule has 27 heavy (non-hydrogen) atoms. The van der Waals surface area contributed by atoms with Crippen LogP contribution in [0.2, 0.25) is 0 Å². The average Bonchev–Trinajstić information content (AvgIpc) is 2.58. The fraction of sp³-hybridized carbons (Fsp3) is 0.429. The summed E-state index contributed by atoms with van der Waals surface area (Å²) in [4.78, 5) is 0.168. The molecular weight excluding hydrogens is 362 g/mol. The molecule has 0 spiro atoms. The number of benzene rings is 2. The van der Waals surface area contributed by atoms with Crippen LogP contribution in [0, 0.1) is 13.8 Å². The second-order valence-electron chi connectivity index (χ2n) is 6.86. The Morgan fingerprint density at radius 3 is 2.26 bits per heavy atom. The minimum atomic E-state index is -3.69. The number of hydrogen-bond acceptors (Lipinski definition) is 4. The van der Waals surface area contributed by atoms with Crippen molar-refractivity contribution in [1.29, 1.82) is 0 Å². The maximum Gasteiger partial charge on any atom is 0.244 e. The van der Waals surface area contributed by atoms with Gasteiger partial charge in [0.05, 0.1) is 6.61 Å². The van der Waals surface area contributed by atoms with Crippen LogP contribution in [-0.4, -0.2) is 28.2 Å². The van der Waals surface area contributed by atoms with Crippen LogP contribution in [0.4, 0.5) is 0 Å². The van der Waals surface area contributed by atoms with E-state index in [0.29, 0.717) is 12.4 Å². The highest BCUT2D eigenvalue weighted by atomic mass is 32.2. The van der Waals surface area contributed by atoms with Crippen molar-refractivity contribution in [2.75, 3.05) is 19.8 Å². The summed E-state index contributed by atoms with van der Waals surface area (Å²) in [6.07, 6.45) is 0. The molecule has 0 unspecified atom stereocenters. The highest BCUT2D eigenvalue weighted by molar-refractivity contribution is 7.89. The van der Waals surface area contributed by atoms with Crippen LogP contribution in [0.25, 0.3) is 0 Å². The molecule has 0 aliphatic heterocycles. The molecule has 0 aliphatic carbocycles. The molecule has 2 rings (SSSR count). The van der Waals surface area contributed by atoms with Crippen LogP contribution in [0.3, 0.4) is 0 Å². The van der Waals surface area contributed by atoms with Gasteiger partial charge in [0, 0.05) is 6.54 Å². The van der Waals surface area contributed by atoms with Crippen molar-refractivity contribution in [3.63, 3.8) is 0 Å². The van der Waals surface area contributed by atoms with Crippen LogP contribution in [0.5, 0.6) is 11.5 Å². The third-order valence-corrected chi connectivity index (χ3v) is 5.56. The maximum atomic E-state index is 12.8. The molecule has 0 saturated carbocycles. The van der Waals surface area contributed by atoms with Crippen molar-refractivity contribution in [3.8, 4) is 11.5 Å². The lowest BCUT2D eigenvalue weighted by atomic mass is 10.0.